The number of carbonyl (C=O) groups excluding carboxylic acids is 1. The normalized spacial score (nSPS) is 10.4. The Balaban J connectivity index is 1.71. The number of benzene rings is 2. The van der Waals surface area contributed by atoms with E-state index < -0.39 is 23.4 Å². The van der Waals surface area contributed by atoms with E-state index in [9.17, 15) is 18.0 Å². The van der Waals surface area contributed by atoms with Crippen LogP contribution in [0, 0.1) is 17.5 Å². The summed E-state index contributed by atoms with van der Waals surface area (Å²) in [5.74, 6) is -2.54. The van der Waals surface area contributed by atoms with E-state index in [-0.39, 0.29) is 22.9 Å². The van der Waals surface area contributed by atoms with Gasteiger partial charge in [0.25, 0.3) is 5.91 Å². The lowest BCUT2D eigenvalue weighted by atomic mass is 10.3. The van der Waals surface area contributed by atoms with Crippen molar-refractivity contribution >= 4 is 23.1 Å². The Kier molecular flexibility index (Phi) is 4.60. The van der Waals surface area contributed by atoms with Gasteiger partial charge in [-0.3, -0.25) is 4.79 Å². The second-order valence-electron chi connectivity index (χ2n) is 4.97. The minimum absolute atomic E-state index is 0.0132. The third kappa shape index (κ3) is 3.92. The van der Waals surface area contributed by atoms with Crippen molar-refractivity contribution in [3.63, 3.8) is 0 Å². The fourth-order valence-electron chi connectivity index (χ4n) is 1.99. The summed E-state index contributed by atoms with van der Waals surface area (Å²) in [5, 5.41) is 4.99. The molecular formula is C17H11F3N4O. The molecule has 126 valence electrons. The highest BCUT2D eigenvalue weighted by atomic mass is 19.1. The molecule has 0 atom stereocenters. The molecular weight excluding hydrogens is 333 g/mol. The quantitative estimate of drug-likeness (QED) is 0.753. The van der Waals surface area contributed by atoms with Crippen LogP contribution in [0.5, 0.6) is 0 Å². The van der Waals surface area contributed by atoms with Gasteiger partial charge in [0, 0.05) is 6.07 Å². The zero-order chi connectivity index (χ0) is 17.8. The van der Waals surface area contributed by atoms with Gasteiger partial charge in [0.2, 0.25) is 0 Å². The molecule has 0 aliphatic carbocycles. The number of nitrogens with one attached hydrogen (secondary N) is 2. The molecule has 3 aromatic rings. The summed E-state index contributed by atoms with van der Waals surface area (Å²) in [6.45, 7) is 0. The molecule has 0 aliphatic rings. The van der Waals surface area contributed by atoms with Crippen LogP contribution in [0.25, 0.3) is 0 Å². The summed E-state index contributed by atoms with van der Waals surface area (Å²) in [7, 11) is 0. The van der Waals surface area contributed by atoms with Crippen LogP contribution in [0.4, 0.5) is 30.4 Å². The van der Waals surface area contributed by atoms with Crippen molar-refractivity contribution in [2.75, 3.05) is 10.6 Å². The predicted molar refractivity (Wildman–Crippen MR) is 86.0 cm³/mol. The number of amides is 1. The Morgan fingerprint density at radius 2 is 1.68 bits per heavy atom. The van der Waals surface area contributed by atoms with Crippen LogP contribution in [0.1, 0.15) is 10.5 Å². The molecule has 0 saturated heterocycles. The highest BCUT2D eigenvalue weighted by Gasteiger charge is 2.11. The number of para-hydroxylation sites is 1. The molecule has 2 N–H and O–H groups in total. The number of nitrogens with zero attached hydrogens (tertiary/aromatic N) is 2. The topological polar surface area (TPSA) is 66.9 Å². The summed E-state index contributed by atoms with van der Waals surface area (Å²) < 4.78 is 40.0. The fraction of sp³-hybridized carbons (Fsp3) is 0. The average molecular weight is 344 g/mol. The first-order valence-electron chi connectivity index (χ1n) is 7.13. The van der Waals surface area contributed by atoms with Crippen molar-refractivity contribution < 1.29 is 18.0 Å². The number of hydrogen-bond acceptors (Lipinski definition) is 4. The third-order valence-electron chi connectivity index (χ3n) is 3.20. The smallest absolute Gasteiger partial charge is 0.275 e. The summed E-state index contributed by atoms with van der Waals surface area (Å²) in [6, 6.07) is 8.74. The van der Waals surface area contributed by atoms with Gasteiger partial charge in [0.05, 0.1) is 23.8 Å². The van der Waals surface area contributed by atoms with Gasteiger partial charge in [-0.2, -0.15) is 0 Å². The third-order valence-corrected chi connectivity index (χ3v) is 3.20. The maximum absolute atomic E-state index is 13.6. The molecule has 0 fully saturated rings. The molecule has 0 spiro atoms. The number of aromatic nitrogens is 2. The monoisotopic (exact) mass is 344 g/mol. The molecule has 0 aliphatic heterocycles. The summed E-state index contributed by atoms with van der Waals surface area (Å²) >= 11 is 0. The van der Waals surface area contributed by atoms with Crippen molar-refractivity contribution in [1.29, 1.82) is 0 Å². The van der Waals surface area contributed by atoms with Gasteiger partial charge in [-0.25, -0.2) is 23.1 Å². The Labute approximate surface area is 140 Å². The minimum atomic E-state index is -0.789. The molecule has 0 saturated carbocycles. The van der Waals surface area contributed by atoms with Crippen LogP contribution in [0.15, 0.2) is 54.9 Å². The lowest BCUT2D eigenvalue weighted by molar-refractivity contribution is 0.102. The summed E-state index contributed by atoms with van der Waals surface area (Å²) in [4.78, 5) is 19.9. The van der Waals surface area contributed by atoms with Gasteiger partial charge in [-0.1, -0.05) is 12.1 Å². The van der Waals surface area contributed by atoms with Crippen LogP contribution < -0.4 is 10.6 Å². The van der Waals surface area contributed by atoms with E-state index >= 15 is 0 Å². The van der Waals surface area contributed by atoms with Crippen molar-refractivity contribution in [2.24, 2.45) is 0 Å². The Hall–Kier alpha value is -3.42. The average Bonchev–Trinajstić information content (AvgIpc) is 2.60. The van der Waals surface area contributed by atoms with Crippen molar-refractivity contribution in [2.45, 2.75) is 0 Å². The van der Waals surface area contributed by atoms with Gasteiger partial charge in [0.1, 0.15) is 29.0 Å². The van der Waals surface area contributed by atoms with E-state index in [1.54, 1.807) is 6.07 Å². The van der Waals surface area contributed by atoms with E-state index in [1.165, 1.54) is 30.5 Å². The van der Waals surface area contributed by atoms with E-state index in [2.05, 4.69) is 20.6 Å². The molecule has 3 rings (SSSR count). The van der Waals surface area contributed by atoms with Crippen LogP contribution in [-0.2, 0) is 0 Å². The Morgan fingerprint density at radius 1 is 0.880 bits per heavy atom. The van der Waals surface area contributed by atoms with Crippen molar-refractivity contribution in [3.8, 4) is 0 Å². The van der Waals surface area contributed by atoms with Gasteiger partial charge in [-0.15, -0.1) is 0 Å². The standard InChI is InChI=1S/C17H11F3N4O/c18-10-5-6-14(12(20)7-10)23-16-9-21-15(8-22-16)17(25)24-13-4-2-1-3-11(13)19/h1-9H,(H,22,23)(H,24,25). The van der Waals surface area contributed by atoms with Crippen LogP contribution in [-0.4, -0.2) is 15.9 Å². The van der Waals surface area contributed by atoms with Gasteiger partial charge < -0.3 is 10.6 Å². The molecule has 8 heteroatoms. The first kappa shape index (κ1) is 16.4. The highest BCUT2D eigenvalue weighted by Crippen LogP contribution is 2.19. The van der Waals surface area contributed by atoms with Crippen LogP contribution in [0.2, 0.25) is 0 Å². The number of hydrogen-bond donors (Lipinski definition) is 2. The summed E-state index contributed by atoms with van der Waals surface area (Å²) in [6.07, 6.45) is 2.36. The Morgan fingerprint density at radius 3 is 2.36 bits per heavy atom. The maximum Gasteiger partial charge on any atom is 0.275 e. The second-order valence-corrected chi connectivity index (χ2v) is 4.97. The number of carbonyl (C=O) groups is 1. The van der Waals surface area contributed by atoms with Gasteiger partial charge in [-0.05, 0) is 24.3 Å². The molecule has 2 aromatic carbocycles. The number of halogens is 3. The fourth-order valence-corrected chi connectivity index (χ4v) is 1.99. The molecule has 5 nitrogen and oxygen atoms in total. The van der Waals surface area contributed by atoms with E-state index in [0.717, 1.165) is 18.3 Å². The lowest BCUT2D eigenvalue weighted by Gasteiger charge is -2.08. The minimum Gasteiger partial charge on any atom is -0.337 e. The van der Waals surface area contributed by atoms with E-state index in [4.69, 9.17) is 0 Å². The number of anilines is 3. The number of rotatable bonds is 4. The van der Waals surface area contributed by atoms with Crippen LogP contribution >= 0.6 is 0 Å². The molecule has 0 radical (unpaired) electrons. The first-order valence-corrected chi connectivity index (χ1v) is 7.13. The molecule has 1 amide bonds. The van der Waals surface area contributed by atoms with Gasteiger partial charge in [0.15, 0.2) is 0 Å². The summed E-state index contributed by atoms with van der Waals surface area (Å²) in [5.41, 5.74) is -0.0162. The van der Waals surface area contributed by atoms with Gasteiger partial charge >= 0.3 is 0 Å². The highest BCUT2D eigenvalue weighted by molar-refractivity contribution is 6.02. The molecule has 0 bridgehead atoms. The molecule has 1 aromatic heterocycles. The van der Waals surface area contributed by atoms with E-state index in [0.29, 0.717) is 0 Å². The van der Waals surface area contributed by atoms with Crippen LogP contribution in [0.3, 0.4) is 0 Å². The SMILES string of the molecule is O=C(Nc1ccccc1F)c1cnc(Nc2ccc(F)cc2F)cn1. The second kappa shape index (κ2) is 7.00. The van der Waals surface area contributed by atoms with E-state index in [1.807, 2.05) is 0 Å². The van der Waals surface area contributed by atoms with Crippen molar-refractivity contribution in [1.82, 2.24) is 9.97 Å². The lowest BCUT2D eigenvalue weighted by Crippen LogP contribution is -2.15. The largest absolute Gasteiger partial charge is 0.337 e. The zero-order valence-corrected chi connectivity index (χ0v) is 12.6. The Bertz CT molecular complexity index is 916. The maximum atomic E-state index is 13.6. The van der Waals surface area contributed by atoms with Crippen molar-refractivity contribution in [3.05, 3.63) is 78.0 Å². The predicted octanol–water partition coefficient (Wildman–Crippen LogP) is 3.89. The molecule has 0 unspecified atom stereocenters. The first-order chi connectivity index (χ1) is 12.0. The molecule has 25 heavy (non-hydrogen) atoms. The molecule has 1 heterocycles. The zero-order valence-electron chi connectivity index (χ0n) is 12.6.